The Morgan fingerprint density at radius 2 is 2.11 bits per heavy atom. The van der Waals surface area contributed by atoms with Crippen LogP contribution in [-0.4, -0.2) is 23.0 Å². The largest absolute Gasteiger partial charge is 0.482 e. The zero-order valence-electron chi connectivity index (χ0n) is 11.1. The van der Waals surface area contributed by atoms with Gasteiger partial charge in [0.15, 0.2) is 6.61 Å². The maximum atomic E-state index is 11.6. The first kappa shape index (κ1) is 15.7. The fourth-order valence-corrected chi connectivity index (χ4v) is 1.73. The summed E-state index contributed by atoms with van der Waals surface area (Å²) in [5.74, 6) is 0.215. The van der Waals surface area contributed by atoms with E-state index in [9.17, 15) is 4.79 Å². The number of hydrogen-bond donors (Lipinski definition) is 2. The molecule has 19 heavy (non-hydrogen) atoms. The molecule has 0 heterocycles. The second-order valence-corrected chi connectivity index (χ2v) is 5.94. The number of halogens is 1. The lowest BCUT2D eigenvalue weighted by Crippen LogP contribution is -2.43. The first-order valence-electron chi connectivity index (χ1n) is 5.72. The number of hydrogen-bond acceptors (Lipinski definition) is 3. The lowest BCUT2D eigenvalue weighted by molar-refractivity contribution is -0.124. The van der Waals surface area contributed by atoms with Gasteiger partial charge in [0.05, 0.1) is 5.02 Å². The fourth-order valence-electron chi connectivity index (χ4n) is 1.37. The topological polar surface area (TPSA) is 64.3 Å². The van der Waals surface area contributed by atoms with Gasteiger partial charge < -0.3 is 15.8 Å². The third kappa shape index (κ3) is 5.44. The summed E-state index contributed by atoms with van der Waals surface area (Å²) in [6.45, 7) is 5.60. The average Bonchev–Trinajstić information content (AvgIpc) is 2.24. The summed E-state index contributed by atoms with van der Waals surface area (Å²) in [6, 6.07) is 4.95. The molecule has 6 heteroatoms. The molecular weight excluding hydrogens is 284 g/mol. The van der Waals surface area contributed by atoms with Crippen molar-refractivity contribution in [2.45, 2.75) is 26.3 Å². The number of thiocarbonyl (C=S) groups is 1. The molecule has 0 atom stereocenters. The van der Waals surface area contributed by atoms with Gasteiger partial charge in [-0.05, 0) is 39.0 Å². The Kier molecular flexibility index (Phi) is 5.14. The number of rotatable bonds is 4. The van der Waals surface area contributed by atoms with Crippen LogP contribution >= 0.6 is 23.8 Å². The SMILES string of the molecule is CC(C)(C)NC(=O)COc1ccc(C(N)=S)cc1Cl. The van der Waals surface area contributed by atoms with Gasteiger partial charge in [0.1, 0.15) is 10.7 Å². The zero-order chi connectivity index (χ0) is 14.6. The normalized spacial score (nSPS) is 10.9. The van der Waals surface area contributed by atoms with Crippen LogP contribution in [0.2, 0.25) is 5.02 Å². The summed E-state index contributed by atoms with van der Waals surface area (Å²) in [5.41, 5.74) is 5.86. The van der Waals surface area contributed by atoms with Gasteiger partial charge in [-0.25, -0.2) is 0 Å². The second-order valence-electron chi connectivity index (χ2n) is 5.10. The number of ether oxygens (including phenoxy) is 1. The average molecular weight is 301 g/mol. The molecular formula is C13H17ClN2O2S. The van der Waals surface area contributed by atoms with Crippen molar-refractivity contribution in [2.75, 3.05) is 6.61 Å². The molecule has 3 N–H and O–H groups in total. The first-order chi connectivity index (χ1) is 8.69. The third-order valence-corrected chi connectivity index (χ3v) is 2.62. The van der Waals surface area contributed by atoms with Crippen LogP contribution in [-0.2, 0) is 4.79 Å². The Balaban J connectivity index is 2.64. The van der Waals surface area contributed by atoms with Gasteiger partial charge in [0.2, 0.25) is 0 Å². The summed E-state index contributed by atoms with van der Waals surface area (Å²) in [6.07, 6.45) is 0. The number of nitrogens with one attached hydrogen (secondary N) is 1. The molecule has 0 saturated heterocycles. The number of nitrogens with two attached hydrogens (primary N) is 1. The van der Waals surface area contributed by atoms with Crippen LogP contribution in [0.25, 0.3) is 0 Å². The Labute approximate surface area is 123 Å². The quantitative estimate of drug-likeness (QED) is 0.837. The highest BCUT2D eigenvalue weighted by Crippen LogP contribution is 2.25. The van der Waals surface area contributed by atoms with Crippen molar-refractivity contribution in [3.63, 3.8) is 0 Å². The minimum absolute atomic E-state index is 0.0938. The molecule has 0 aliphatic heterocycles. The van der Waals surface area contributed by atoms with E-state index in [4.69, 9.17) is 34.3 Å². The van der Waals surface area contributed by atoms with E-state index in [-0.39, 0.29) is 23.0 Å². The van der Waals surface area contributed by atoms with Crippen molar-refractivity contribution < 1.29 is 9.53 Å². The Hall–Kier alpha value is -1.33. The fraction of sp³-hybridized carbons (Fsp3) is 0.385. The maximum Gasteiger partial charge on any atom is 0.258 e. The molecule has 1 aromatic rings. The van der Waals surface area contributed by atoms with E-state index in [0.717, 1.165) is 0 Å². The van der Waals surface area contributed by atoms with Gasteiger partial charge in [-0.3, -0.25) is 4.79 Å². The number of carbonyl (C=O) groups is 1. The third-order valence-electron chi connectivity index (χ3n) is 2.09. The van der Waals surface area contributed by atoms with Crippen LogP contribution in [0.15, 0.2) is 18.2 Å². The van der Waals surface area contributed by atoms with Crippen molar-refractivity contribution in [2.24, 2.45) is 5.73 Å². The molecule has 1 amide bonds. The van der Waals surface area contributed by atoms with E-state index in [2.05, 4.69) is 5.32 Å². The maximum absolute atomic E-state index is 11.6. The predicted molar refractivity (Wildman–Crippen MR) is 80.7 cm³/mol. The Morgan fingerprint density at radius 3 is 2.58 bits per heavy atom. The van der Waals surface area contributed by atoms with Crippen LogP contribution < -0.4 is 15.8 Å². The summed E-state index contributed by atoms with van der Waals surface area (Å²) in [7, 11) is 0. The molecule has 0 saturated carbocycles. The number of benzene rings is 1. The molecule has 0 aliphatic rings. The van der Waals surface area contributed by atoms with Crippen molar-refractivity contribution in [3.8, 4) is 5.75 Å². The molecule has 1 rings (SSSR count). The van der Waals surface area contributed by atoms with E-state index in [1.165, 1.54) is 0 Å². The molecule has 0 radical (unpaired) electrons. The minimum atomic E-state index is -0.292. The molecule has 0 spiro atoms. The van der Waals surface area contributed by atoms with E-state index in [1.807, 2.05) is 20.8 Å². The van der Waals surface area contributed by atoms with E-state index in [1.54, 1.807) is 18.2 Å². The highest BCUT2D eigenvalue weighted by Gasteiger charge is 2.14. The lowest BCUT2D eigenvalue weighted by atomic mass is 10.1. The Morgan fingerprint density at radius 1 is 1.47 bits per heavy atom. The van der Waals surface area contributed by atoms with E-state index >= 15 is 0 Å². The van der Waals surface area contributed by atoms with Crippen molar-refractivity contribution in [1.29, 1.82) is 0 Å². The highest BCUT2D eigenvalue weighted by molar-refractivity contribution is 7.80. The number of carbonyl (C=O) groups excluding carboxylic acids is 1. The summed E-state index contributed by atoms with van der Waals surface area (Å²) in [4.78, 5) is 11.9. The highest BCUT2D eigenvalue weighted by atomic mass is 35.5. The monoisotopic (exact) mass is 300 g/mol. The molecule has 0 bridgehead atoms. The molecule has 1 aromatic carbocycles. The van der Waals surface area contributed by atoms with Crippen LogP contribution in [0.4, 0.5) is 0 Å². The summed E-state index contributed by atoms with van der Waals surface area (Å²) >= 11 is 10.9. The van der Waals surface area contributed by atoms with Crippen LogP contribution in [0, 0.1) is 0 Å². The molecule has 0 fully saturated rings. The molecule has 4 nitrogen and oxygen atoms in total. The standard InChI is InChI=1S/C13H17ClN2O2S/c1-13(2,3)16-11(17)7-18-10-5-4-8(12(15)19)6-9(10)14/h4-6H,7H2,1-3H3,(H2,15,19)(H,16,17). The van der Waals surface area contributed by atoms with E-state index in [0.29, 0.717) is 16.3 Å². The smallest absolute Gasteiger partial charge is 0.258 e. The van der Waals surface area contributed by atoms with Gasteiger partial charge in [-0.1, -0.05) is 23.8 Å². The molecule has 0 unspecified atom stereocenters. The molecule has 0 aliphatic carbocycles. The first-order valence-corrected chi connectivity index (χ1v) is 6.51. The second kappa shape index (κ2) is 6.21. The van der Waals surface area contributed by atoms with Crippen molar-refractivity contribution in [3.05, 3.63) is 28.8 Å². The van der Waals surface area contributed by atoms with Gasteiger partial charge in [-0.2, -0.15) is 0 Å². The van der Waals surface area contributed by atoms with Crippen molar-refractivity contribution in [1.82, 2.24) is 5.32 Å². The Bertz CT molecular complexity index is 498. The van der Waals surface area contributed by atoms with Crippen LogP contribution in [0.1, 0.15) is 26.3 Å². The van der Waals surface area contributed by atoms with Crippen molar-refractivity contribution >= 4 is 34.7 Å². The van der Waals surface area contributed by atoms with Gasteiger partial charge in [-0.15, -0.1) is 0 Å². The van der Waals surface area contributed by atoms with Gasteiger partial charge in [0.25, 0.3) is 5.91 Å². The minimum Gasteiger partial charge on any atom is -0.482 e. The summed E-state index contributed by atoms with van der Waals surface area (Å²) in [5, 5.41) is 3.16. The predicted octanol–water partition coefficient (Wildman–Crippen LogP) is 2.27. The van der Waals surface area contributed by atoms with Gasteiger partial charge in [0, 0.05) is 11.1 Å². The molecule has 0 aromatic heterocycles. The zero-order valence-corrected chi connectivity index (χ0v) is 12.7. The van der Waals surface area contributed by atoms with E-state index < -0.39 is 0 Å². The lowest BCUT2D eigenvalue weighted by Gasteiger charge is -2.20. The molecule has 104 valence electrons. The van der Waals surface area contributed by atoms with Gasteiger partial charge >= 0.3 is 0 Å². The van der Waals surface area contributed by atoms with Crippen LogP contribution in [0.5, 0.6) is 5.75 Å². The van der Waals surface area contributed by atoms with Crippen LogP contribution in [0.3, 0.4) is 0 Å². The number of amides is 1. The summed E-state index contributed by atoms with van der Waals surface area (Å²) < 4.78 is 5.35.